The maximum Gasteiger partial charge on any atom is -0.0440 e. The van der Waals surface area contributed by atoms with Gasteiger partial charge in [-0.2, -0.15) is 0 Å². The molecule has 0 aromatic carbocycles. The summed E-state index contributed by atoms with van der Waals surface area (Å²) in [6.45, 7) is 14.3. The fraction of sp³-hybridized carbons (Fsp3) is 1.00. The molecule has 0 N–H and O–H groups in total. The number of hydrogen-bond acceptors (Lipinski definition) is 0. The summed E-state index contributed by atoms with van der Waals surface area (Å²) in [6.07, 6.45) is 8.39. The van der Waals surface area contributed by atoms with Crippen molar-refractivity contribution in [2.45, 2.75) is 80.1 Å². The third kappa shape index (κ3) is 8.19. The van der Waals surface area contributed by atoms with Crippen molar-refractivity contribution < 1.29 is 0 Å². The standard InChI is InChI=1S/C16H34/c1-7-13(3)11-15(5)9-10-16(6)12-14(4)8-2/h13-16H,7-12H2,1-6H3. The molecular formula is C16H34. The first-order valence-corrected chi connectivity index (χ1v) is 7.49. The molecule has 0 spiro atoms. The zero-order chi connectivity index (χ0) is 12.6. The fourth-order valence-electron chi connectivity index (χ4n) is 2.51. The summed E-state index contributed by atoms with van der Waals surface area (Å²) in [5.74, 6) is 3.68. The molecule has 0 radical (unpaired) electrons. The predicted octanol–water partition coefficient (Wildman–Crippen LogP) is 5.91. The highest BCUT2D eigenvalue weighted by Gasteiger charge is 2.11. The molecule has 0 aliphatic rings. The molecule has 0 rings (SSSR count). The highest BCUT2D eigenvalue weighted by Crippen LogP contribution is 2.24. The van der Waals surface area contributed by atoms with Gasteiger partial charge in [0, 0.05) is 0 Å². The van der Waals surface area contributed by atoms with Crippen LogP contribution in [0.25, 0.3) is 0 Å². The lowest BCUT2D eigenvalue weighted by atomic mass is 9.86. The van der Waals surface area contributed by atoms with Gasteiger partial charge in [-0.3, -0.25) is 0 Å². The van der Waals surface area contributed by atoms with Gasteiger partial charge < -0.3 is 0 Å². The van der Waals surface area contributed by atoms with Crippen LogP contribution in [0, 0.1) is 23.7 Å². The van der Waals surface area contributed by atoms with E-state index < -0.39 is 0 Å². The van der Waals surface area contributed by atoms with E-state index in [4.69, 9.17) is 0 Å². The van der Waals surface area contributed by atoms with Crippen molar-refractivity contribution >= 4 is 0 Å². The first-order valence-electron chi connectivity index (χ1n) is 7.49. The lowest BCUT2D eigenvalue weighted by Crippen LogP contribution is -2.07. The Hall–Kier alpha value is 0. The predicted molar refractivity (Wildman–Crippen MR) is 75.7 cm³/mol. The Morgan fingerprint density at radius 2 is 0.875 bits per heavy atom. The third-order valence-corrected chi connectivity index (χ3v) is 4.16. The quantitative estimate of drug-likeness (QED) is 0.458. The molecule has 0 bridgehead atoms. The van der Waals surface area contributed by atoms with Crippen LogP contribution in [0.2, 0.25) is 0 Å². The minimum absolute atomic E-state index is 0.917. The first kappa shape index (κ1) is 16.0. The average molecular weight is 226 g/mol. The summed E-state index contributed by atoms with van der Waals surface area (Å²) in [4.78, 5) is 0. The third-order valence-electron chi connectivity index (χ3n) is 4.16. The van der Waals surface area contributed by atoms with E-state index in [2.05, 4.69) is 41.5 Å². The lowest BCUT2D eigenvalue weighted by Gasteiger charge is -2.20. The van der Waals surface area contributed by atoms with Gasteiger partial charge in [-0.1, -0.05) is 67.2 Å². The fourth-order valence-corrected chi connectivity index (χ4v) is 2.51. The monoisotopic (exact) mass is 226 g/mol. The average Bonchev–Trinajstić information content (AvgIpc) is 2.26. The first-order chi connectivity index (χ1) is 7.49. The molecule has 0 heterocycles. The summed E-state index contributed by atoms with van der Waals surface area (Å²) >= 11 is 0. The van der Waals surface area contributed by atoms with Crippen LogP contribution in [-0.4, -0.2) is 0 Å². The zero-order valence-electron chi connectivity index (χ0n) is 12.6. The van der Waals surface area contributed by atoms with Crippen LogP contribution in [-0.2, 0) is 0 Å². The van der Waals surface area contributed by atoms with Gasteiger partial charge in [0.15, 0.2) is 0 Å². The Balaban J connectivity index is 3.62. The molecule has 0 saturated carbocycles. The van der Waals surface area contributed by atoms with E-state index in [1.807, 2.05) is 0 Å². The summed E-state index contributed by atoms with van der Waals surface area (Å²) < 4.78 is 0. The Labute approximate surface area is 104 Å². The van der Waals surface area contributed by atoms with Crippen LogP contribution in [0.5, 0.6) is 0 Å². The second-order valence-corrected chi connectivity index (χ2v) is 6.29. The van der Waals surface area contributed by atoms with Crippen LogP contribution in [0.3, 0.4) is 0 Å². The molecule has 0 aliphatic heterocycles. The van der Waals surface area contributed by atoms with Gasteiger partial charge in [-0.25, -0.2) is 0 Å². The van der Waals surface area contributed by atoms with Crippen LogP contribution < -0.4 is 0 Å². The zero-order valence-corrected chi connectivity index (χ0v) is 12.6. The highest BCUT2D eigenvalue weighted by atomic mass is 14.2. The van der Waals surface area contributed by atoms with E-state index in [-0.39, 0.29) is 0 Å². The smallest absolute Gasteiger partial charge is 0.0440 e. The molecule has 4 atom stereocenters. The summed E-state index contributed by atoms with van der Waals surface area (Å²) in [5, 5.41) is 0. The number of hydrogen-bond donors (Lipinski definition) is 0. The van der Waals surface area contributed by atoms with E-state index in [1.54, 1.807) is 0 Å². The topological polar surface area (TPSA) is 0 Å². The van der Waals surface area contributed by atoms with Crippen LogP contribution >= 0.6 is 0 Å². The molecular weight excluding hydrogens is 192 g/mol. The van der Waals surface area contributed by atoms with Crippen LogP contribution in [0.1, 0.15) is 80.1 Å². The van der Waals surface area contributed by atoms with Gasteiger partial charge in [-0.05, 0) is 36.5 Å². The van der Waals surface area contributed by atoms with Gasteiger partial charge in [-0.15, -0.1) is 0 Å². The SMILES string of the molecule is CCC(C)CC(C)CCC(C)CC(C)CC. The van der Waals surface area contributed by atoms with Crippen molar-refractivity contribution in [3.63, 3.8) is 0 Å². The Bertz CT molecular complexity index is 132. The minimum Gasteiger partial charge on any atom is -0.0651 e. The molecule has 0 heteroatoms. The Kier molecular flexibility index (Phi) is 9.07. The van der Waals surface area contributed by atoms with Gasteiger partial charge in [0.25, 0.3) is 0 Å². The Morgan fingerprint density at radius 1 is 0.562 bits per heavy atom. The molecule has 4 unspecified atom stereocenters. The Morgan fingerprint density at radius 3 is 1.12 bits per heavy atom. The van der Waals surface area contributed by atoms with Gasteiger partial charge in [0.05, 0.1) is 0 Å². The number of rotatable bonds is 9. The molecule has 0 nitrogen and oxygen atoms in total. The molecule has 16 heavy (non-hydrogen) atoms. The van der Waals surface area contributed by atoms with Crippen molar-refractivity contribution in [3.05, 3.63) is 0 Å². The second kappa shape index (κ2) is 9.07. The maximum atomic E-state index is 2.43. The van der Waals surface area contributed by atoms with E-state index in [0.29, 0.717) is 0 Å². The van der Waals surface area contributed by atoms with E-state index >= 15 is 0 Å². The normalized spacial score (nSPS) is 19.1. The maximum absolute atomic E-state index is 2.43. The molecule has 0 aromatic heterocycles. The van der Waals surface area contributed by atoms with Crippen LogP contribution in [0.15, 0.2) is 0 Å². The van der Waals surface area contributed by atoms with E-state index in [9.17, 15) is 0 Å². The summed E-state index contributed by atoms with van der Waals surface area (Å²) in [6, 6.07) is 0. The summed E-state index contributed by atoms with van der Waals surface area (Å²) in [5.41, 5.74) is 0. The molecule has 0 amide bonds. The van der Waals surface area contributed by atoms with Crippen LogP contribution in [0.4, 0.5) is 0 Å². The minimum atomic E-state index is 0.917. The largest absolute Gasteiger partial charge is 0.0651 e. The highest BCUT2D eigenvalue weighted by molar-refractivity contribution is 4.63. The lowest BCUT2D eigenvalue weighted by molar-refractivity contribution is 0.324. The molecule has 0 aliphatic carbocycles. The molecule has 0 aromatic rings. The van der Waals surface area contributed by atoms with E-state index in [1.165, 1.54) is 38.5 Å². The van der Waals surface area contributed by atoms with Gasteiger partial charge >= 0.3 is 0 Å². The van der Waals surface area contributed by atoms with Gasteiger partial charge in [0.2, 0.25) is 0 Å². The van der Waals surface area contributed by atoms with Crippen molar-refractivity contribution in [1.82, 2.24) is 0 Å². The van der Waals surface area contributed by atoms with E-state index in [0.717, 1.165) is 23.7 Å². The molecule has 0 fully saturated rings. The van der Waals surface area contributed by atoms with Gasteiger partial charge in [0.1, 0.15) is 0 Å². The van der Waals surface area contributed by atoms with Crippen molar-refractivity contribution in [2.75, 3.05) is 0 Å². The second-order valence-electron chi connectivity index (χ2n) is 6.29. The molecule has 0 saturated heterocycles. The van der Waals surface area contributed by atoms with Crippen molar-refractivity contribution in [2.24, 2.45) is 23.7 Å². The van der Waals surface area contributed by atoms with Crippen molar-refractivity contribution in [1.29, 1.82) is 0 Å². The van der Waals surface area contributed by atoms with Crippen molar-refractivity contribution in [3.8, 4) is 0 Å². The molecule has 98 valence electrons. The summed E-state index contributed by atoms with van der Waals surface area (Å²) in [7, 11) is 0.